The van der Waals surface area contributed by atoms with E-state index >= 15 is 0 Å². The molecule has 3 amide bonds. The van der Waals surface area contributed by atoms with Crippen molar-refractivity contribution in [3.63, 3.8) is 0 Å². The predicted molar refractivity (Wildman–Crippen MR) is 114 cm³/mol. The summed E-state index contributed by atoms with van der Waals surface area (Å²) in [6, 6.07) is 4.52. The van der Waals surface area contributed by atoms with Gasteiger partial charge in [0.25, 0.3) is 0 Å². The molecule has 8 nitrogen and oxygen atoms in total. The summed E-state index contributed by atoms with van der Waals surface area (Å²) in [5.74, 6) is 0.878. The lowest BCUT2D eigenvalue weighted by Gasteiger charge is -2.17. The van der Waals surface area contributed by atoms with Crippen molar-refractivity contribution in [3.05, 3.63) is 28.8 Å². The summed E-state index contributed by atoms with van der Waals surface area (Å²) in [4.78, 5) is 24.0. The van der Waals surface area contributed by atoms with Crippen molar-refractivity contribution < 1.29 is 22.7 Å². The van der Waals surface area contributed by atoms with E-state index in [4.69, 9.17) is 16.3 Å². The quantitative estimate of drug-likeness (QED) is 0.371. The molecule has 1 aromatic rings. The van der Waals surface area contributed by atoms with E-state index in [0.29, 0.717) is 49.1 Å². The molecule has 10 heteroatoms. The highest BCUT2D eigenvalue weighted by Crippen LogP contribution is 2.33. The fourth-order valence-electron chi connectivity index (χ4n) is 3.22. The van der Waals surface area contributed by atoms with Gasteiger partial charge in [0, 0.05) is 12.6 Å². The maximum atomic E-state index is 12.4. The van der Waals surface area contributed by atoms with Gasteiger partial charge >= 0.3 is 6.03 Å². The largest absolute Gasteiger partial charge is 0.492 e. The summed E-state index contributed by atoms with van der Waals surface area (Å²) in [6.45, 7) is 2.94. The van der Waals surface area contributed by atoms with E-state index in [1.807, 2.05) is 0 Å². The van der Waals surface area contributed by atoms with Crippen LogP contribution >= 0.6 is 11.6 Å². The van der Waals surface area contributed by atoms with Crippen LogP contribution in [0, 0.1) is 5.92 Å². The number of sulfonamides is 1. The van der Waals surface area contributed by atoms with Gasteiger partial charge in [0.05, 0.1) is 17.4 Å². The number of hydrogen-bond donors (Lipinski definition) is 2. The fraction of sp³-hybridized carbons (Fsp3) is 0.600. The van der Waals surface area contributed by atoms with E-state index in [1.54, 1.807) is 25.1 Å². The number of unbranched alkanes of at least 4 members (excludes halogenated alkanes) is 2. The minimum Gasteiger partial charge on any atom is -0.492 e. The Hall–Kier alpha value is -1.84. The van der Waals surface area contributed by atoms with E-state index in [1.165, 1.54) is 17.7 Å². The SMILES string of the molecule is C[C@@H](NS(=O)(=O)CCCCCN1CC(=O)NC1=O)c1ccc(Cl)c(OCC2CC2)c1. The number of benzene rings is 1. The third-order valence-electron chi connectivity index (χ3n) is 5.19. The number of halogens is 1. The van der Waals surface area contributed by atoms with Crippen molar-refractivity contribution in [2.24, 2.45) is 5.92 Å². The van der Waals surface area contributed by atoms with Gasteiger partial charge in [-0.3, -0.25) is 10.1 Å². The van der Waals surface area contributed by atoms with Crippen LogP contribution in [0.3, 0.4) is 0 Å². The second kappa shape index (κ2) is 9.98. The zero-order valence-electron chi connectivity index (χ0n) is 17.0. The first-order chi connectivity index (χ1) is 14.2. The molecule has 3 rings (SSSR count). The molecule has 1 aromatic carbocycles. The van der Waals surface area contributed by atoms with E-state index in [9.17, 15) is 18.0 Å². The Bertz CT molecular complexity index is 888. The normalized spacial score (nSPS) is 17.9. The zero-order chi connectivity index (χ0) is 21.7. The highest BCUT2D eigenvalue weighted by Gasteiger charge is 2.26. The second-order valence-corrected chi connectivity index (χ2v) is 10.2. The number of carbonyl (C=O) groups is 2. The maximum absolute atomic E-state index is 12.4. The Morgan fingerprint density at radius 3 is 2.70 bits per heavy atom. The fourth-order valence-corrected chi connectivity index (χ4v) is 4.77. The number of rotatable bonds is 12. The lowest BCUT2D eigenvalue weighted by Crippen LogP contribution is -2.30. The molecule has 1 saturated heterocycles. The summed E-state index contributed by atoms with van der Waals surface area (Å²) >= 11 is 6.19. The molecule has 0 unspecified atom stereocenters. The second-order valence-electron chi connectivity index (χ2n) is 7.94. The minimum atomic E-state index is -3.46. The summed E-state index contributed by atoms with van der Waals surface area (Å²) in [5.41, 5.74) is 0.790. The van der Waals surface area contributed by atoms with Gasteiger partial charge in [-0.1, -0.05) is 24.1 Å². The third-order valence-corrected chi connectivity index (χ3v) is 7.04. The average Bonchev–Trinajstić information content (AvgIpc) is 3.44. The van der Waals surface area contributed by atoms with E-state index < -0.39 is 16.1 Å². The van der Waals surface area contributed by atoms with Crippen molar-refractivity contribution in [2.75, 3.05) is 25.4 Å². The van der Waals surface area contributed by atoms with E-state index in [2.05, 4.69) is 10.0 Å². The number of hydrogen-bond acceptors (Lipinski definition) is 5. The molecule has 0 bridgehead atoms. The number of amides is 3. The molecule has 30 heavy (non-hydrogen) atoms. The average molecular weight is 458 g/mol. The van der Waals surface area contributed by atoms with Crippen LogP contribution in [0.1, 0.15) is 50.6 Å². The van der Waals surface area contributed by atoms with Crippen molar-refractivity contribution in [2.45, 2.75) is 45.1 Å². The van der Waals surface area contributed by atoms with Crippen LogP contribution in [0.25, 0.3) is 0 Å². The topological polar surface area (TPSA) is 105 Å². The summed E-state index contributed by atoms with van der Waals surface area (Å²) < 4.78 is 33.3. The number of carbonyl (C=O) groups excluding carboxylic acids is 2. The molecule has 2 N–H and O–H groups in total. The van der Waals surface area contributed by atoms with Gasteiger partial charge in [0.15, 0.2) is 0 Å². The van der Waals surface area contributed by atoms with Crippen LogP contribution in [0.2, 0.25) is 5.02 Å². The number of imide groups is 1. The first-order valence-corrected chi connectivity index (χ1v) is 12.3. The first kappa shape index (κ1) is 22.8. The van der Waals surface area contributed by atoms with Gasteiger partial charge in [-0.15, -0.1) is 0 Å². The first-order valence-electron chi connectivity index (χ1n) is 10.2. The van der Waals surface area contributed by atoms with Crippen molar-refractivity contribution in [1.29, 1.82) is 0 Å². The maximum Gasteiger partial charge on any atom is 0.324 e. The van der Waals surface area contributed by atoms with Gasteiger partial charge in [-0.05, 0) is 56.2 Å². The monoisotopic (exact) mass is 457 g/mol. The van der Waals surface area contributed by atoms with Crippen LogP contribution in [0.15, 0.2) is 18.2 Å². The van der Waals surface area contributed by atoms with Crippen molar-refractivity contribution in [3.8, 4) is 5.75 Å². The minimum absolute atomic E-state index is 0.00109. The van der Waals surface area contributed by atoms with Gasteiger partial charge in [-0.2, -0.15) is 0 Å². The van der Waals surface area contributed by atoms with Crippen molar-refractivity contribution >= 4 is 33.6 Å². The highest BCUT2D eigenvalue weighted by atomic mass is 35.5. The van der Waals surface area contributed by atoms with Gasteiger partial charge < -0.3 is 9.64 Å². The molecular weight excluding hydrogens is 430 g/mol. The van der Waals surface area contributed by atoms with Gasteiger partial charge in [-0.25, -0.2) is 17.9 Å². The van der Waals surface area contributed by atoms with Crippen molar-refractivity contribution in [1.82, 2.24) is 14.9 Å². The summed E-state index contributed by atoms with van der Waals surface area (Å²) in [6.07, 6.45) is 4.12. The number of nitrogens with one attached hydrogen (secondary N) is 2. The van der Waals surface area contributed by atoms with Crippen LogP contribution < -0.4 is 14.8 Å². The Labute approximate surface area is 182 Å². The van der Waals surface area contributed by atoms with Crippen LogP contribution in [-0.2, 0) is 14.8 Å². The summed E-state index contributed by atoms with van der Waals surface area (Å²) in [5, 5.41) is 2.73. The number of nitrogens with zero attached hydrogens (tertiary/aromatic N) is 1. The number of urea groups is 1. The highest BCUT2D eigenvalue weighted by molar-refractivity contribution is 7.89. The van der Waals surface area contributed by atoms with E-state index in [0.717, 1.165) is 5.56 Å². The molecule has 1 aliphatic heterocycles. The molecule has 1 saturated carbocycles. The third kappa shape index (κ3) is 6.85. The Morgan fingerprint density at radius 1 is 1.27 bits per heavy atom. The zero-order valence-corrected chi connectivity index (χ0v) is 18.6. The molecule has 0 aromatic heterocycles. The Morgan fingerprint density at radius 2 is 2.03 bits per heavy atom. The van der Waals surface area contributed by atoms with E-state index in [-0.39, 0.29) is 24.2 Å². The molecular formula is C20H28ClN3O5S. The molecule has 2 fully saturated rings. The molecule has 1 aliphatic carbocycles. The number of ether oxygens (including phenoxy) is 1. The Kier molecular flexibility index (Phi) is 7.60. The molecule has 0 spiro atoms. The molecule has 2 aliphatic rings. The van der Waals surface area contributed by atoms with Gasteiger partial charge in [0.2, 0.25) is 15.9 Å². The lowest BCUT2D eigenvalue weighted by molar-refractivity contribution is -0.118. The smallest absolute Gasteiger partial charge is 0.324 e. The summed E-state index contributed by atoms with van der Waals surface area (Å²) in [7, 11) is -3.46. The van der Waals surface area contributed by atoms with Crippen LogP contribution in [-0.4, -0.2) is 50.7 Å². The lowest BCUT2D eigenvalue weighted by atomic mass is 10.1. The molecule has 1 atom stereocenters. The molecule has 0 radical (unpaired) electrons. The Balaban J connectivity index is 1.42. The molecule has 166 valence electrons. The van der Waals surface area contributed by atoms with Crippen LogP contribution in [0.5, 0.6) is 5.75 Å². The molecule has 1 heterocycles. The standard InChI is InChI=1S/C20H28ClN3O5S/c1-14(16-7-8-17(21)18(11-16)29-13-15-5-6-15)23-30(27,28)10-4-2-3-9-24-12-19(25)22-20(24)26/h7-8,11,14-15,23H,2-6,9-10,12-13H2,1H3,(H,22,25,26)/t14-/m1/s1. The van der Waals surface area contributed by atoms with Crippen LogP contribution in [0.4, 0.5) is 4.79 Å². The van der Waals surface area contributed by atoms with Gasteiger partial charge in [0.1, 0.15) is 12.3 Å². The predicted octanol–water partition coefficient (Wildman–Crippen LogP) is 2.83.